The molecule has 0 saturated heterocycles. The lowest BCUT2D eigenvalue weighted by Crippen LogP contribution is -2.47. The van der Waals surface area contributed by atoms with E-state index in [4.69, 9.17) is 4.74 Å². The van der Waals surface area contributed by atoms with Gasteiger partial charge >= 0.3 is 0 Å². The van der Waals surface area contributed by atoms with Gasteiger partial charge < -0.3 is 15.4 Å². The Morgan fingerprint density at radius 2 is 2.12 bits per heavy atom. The normalized spacial score (nSPS) is 28.5. The first-order valence-corrected chi connectivity index (χ1v) is 10.3. The number of ether oxygens (including phenoxy) is 1. The third kappa shape index (κ3) is 3.48. The van der Waals surface area contributed by atoms with Gasteiger partial charge in [0, 0.05) is 33.9 Å². The second kappa shape index (κ2) is 7.59. The Hall–Kier alpha value is -1.55. The quantitative estimate of drug-likeness (QED) is 0.582. The lowest BCUT2D eigenvalue weighted by atomic mass is 9.67. The van der Waals surface area contributed by atoms with Gasteiger partial charge in [-0.05, 0) is 66.4 Å². The molecule has 0 amide bonds. The summed E-state index contributed by atoms with van der Waals surface area (Å²) in [4.78, 5) is 4.45. The van der Waals surface area contributed by atoms with Crippen LogP contribution >= 0.6 is 0 Å². The van der Waals surface area contributed by atoms with Gasteiger partial charge in [0.15, 0.2) is 5.96 Å². The number of benzene rings is 1. The maximum absolute atomic E-state index is 5.30. The Morgan fingerprint density at radius 1 is 1.27 bits per heavy atom. The van der Waals surface area contributed by atoms with Crippen LogP contribution in [0.1, 0.15) is 49.1 Å². The molecule has 1 aromatic rings. The van der Waals surface area contributed by atoms with Crippen LogP contribution in [-0.4, -0.2) is 39.8 Å². The summed E-state index contributed by atoms with van der Waals surface area (Å²) < 4.78 is 5.30. The van der Waals surface area contributed by atoms with E-state index in [1.807, 2.05) is 7.05 Å². The minimum absolute atomic E-state index is 0.417. The zero-order chi connectivity index (χ0) is 18.0. The van der Waals surface area contributed by atoms with Gasteiger partial charge in [-0.1, -0.05) is 30.7 Å². The average Bonchev–Trinajstić information content (AvgIpc) is 3.36. The zero-order valence-corrected chi connectivity index (χ0v) is 16.3. The number of nitrogens with zero attached hydrogens (tertiary/aromatic N) is 1. The van der Waals surface area contributed by atoms with Gasteiger partial charge in [0.1, 0.15) is 0 Å². The Morgan fingerprint density at radius 3 is 2.85 bits per heavy atom. The van der Waals surface area contributed by atoms with E-state index in [0.717, 1.165) is 49.8 Å². The molecule has 0 aliphatic heterocycles. The van der Waals surface area contributed by atoms with E-state index in [-0.39, 0.29) is 0 Å². The molecule has 2 saturated carbocycles. The number of aliphatic imine (C=N–C) groups is 1. The zero-order valence-electron chi connectivity index (χ0n) is 16.3. The number of methoxy groups -OCH3 is 1. The molecule has 3 atom stereocenters. The third-order valence-electron chi connectivity index (χ3n) is 7.10. The Bertz CT molecular complexity index is 653. The number of rotatable bonds is 7. The van der Waals surface area contributed by atoms with Crippen molar-refractivity contribution in [3.63, 3.8) is 0 Å². The highest BCUT2D eigenvalue weighted by atomic mass is 16.5. The van der Waals surface area contributed by atoms with Crippen molar-refractivity contribution >= 4 is 5.96 Å². The molecule has 0 radical (unpaired) electrons. The van der Waals surface area contributed by atoms with Crippen molar-refractivity contribution in [2.75, 3.05) is 33.9 Å². The smallest absolute Gasteiger partial charge is 0.191 e. The van der Waals surface area contributed by atoms with Crippen LogP contribution in [0.5, 0.6) is 0 Å². The highest BCUT2D eigenvalue weighted by Gasteiger charge is 2.52. The van der Waals surface area contributed by atoms with Gasteiger partial charge in [0.05, 0.1) is 0 Å². The first-order chi connectivity index (χ1) is 12.8. The van der Waals surface area contributed by atoms with E-state index in [1.165, 1.54) is 32.1 Å². The number of guanidine groups is 1. The SMILES string of the molecule is CN=C(NCC1C2CCc3ccccc3C21)NCC1(CCOC)CCC1. The predicted molar refractivity (Wildman–Crippen MR) is 107 cm³/mol. The topological polar surface area (TPSA) is 45.7 Å². The molecule has 0 aromatic heterocycles. The molecule has 0 heterocycles. The van der Waals surface area contributed by atoms with Crippen molar-refractivity contribution in [2.24, 2.45) is 22.2 Å². The Balaban J connectivity index is 1.27. The molecule has 4 heteroatoms. The third-order valence-corrected chi connectivity index (χ3v) is 7.10. The number of nitrogens with one attached hydrogen (secondary N) is 2. The van der Waals surface area contributed by atoms with Crippen molar-refractivity contribution in [1.82, 2.24) is 10.6 Å². The summed E-state index contributed by atoms with van der Waals surface area (Å²) in [5.74, 6) is 3.37. The molecule has 4 nitrogen and oxygen atoms in total. The second-order valence-corrected chi connectivity index (χ2v) is 8.49. The highest BCUT2D eigenvalue weighted by molar-refractivity contribution is 5.79. The van der Waals surface area contributed by atoms with Crippen LogP contribution in [0, 0.1) is 17.3 Å². The Kier molecular flexibility index (Phi) is 5.21. The van der Waals surface area contributed by atoms with Crippen molar-refractivity contribution in [2.45, 2.75) is 44.4 Å². The van der Waals surface area contributed by atoms with Crippen LogP contribution in [0.15, 0.2) is 29.3 Å². The van der Waals surface area contributed by atoms with Crippen LogP contribution in [0.25, 0.3) is 0 Å². The molecule has 142 valence electrons. The van der Waals surface area contributed by atoms with Gasteiger partial charge in [-0.2, -0.15) is 0 Å². The number of hydrogen-bond donors (Lipinski definition) is 2. The van der Waals surface area contributed by atoms with Crippen molar-refractivity contribution in [3.05, 3.63) is 35.4 Å². The number of fused-ring (bicyclic) bond motifs is 3. The minimum Gasteiger partial charge on any atom is -0.385 e. The molecular weight excluding hydrogens is 322 g/mol. The molecular formula is C22H33N3O. The molecule has 0 bridgehead atoms. The molecule has 2 N–H and O–H groups in total. The summed E-state index contributed by atoms with van der Waals surface area (Å²) in [6.07, 6.45) is 7.72. The van der Waals surface area contributed by atoms with Crippen LogP contribution in [0.3, 0.4) is 0 Å². The predicted octanol–water partition coefficient (Wildman–Crippen LogP) is 3.33. The van der Waals surface area contributed by atoms with Gasteiger partial charge in [-0.15, -0.1) is 0 Å². The van der Waals surface area contributed by atoms with Crippen molar-refractivity contribution < 1.29 is 4.74 Å². The number of aryl methyl sites for hydroxylation is 1. The number of hydrogen-bond acceptors (Lipinski definition) is 2. The summed E-state index contributed by atoms with van der Waals surface area (Å²) >= 11 is 0. The molecule has 4 rings (SSSR count). The van der Waals surface area contributed by atoms with Gasteiger partial charge in [-0.25, -0.2) is 0 Å². The van der Waals surface area contributed by atoms with Crippen LogP contribution in [0.4, 0.5) is 0 Å². The highest BCUT2D eigenvalue weighted by Crippen LogP contribution is 2.59. The molecule has 0 spiro atoms. The molecule has 2 fully saturated rings. The van der Waals surface area contributed by atoms with E-state index >= 15 is 0 Å². The molecule has 26 heavy (non-hydrogen) atoms. The van der Waals surface area contributed by atoms with E-state index in [0.29, 0.717) is 5.41 Å². The second-order valence-electron chi connectivity index (χ2n) is 8.49. The standard InChI is InChI=1S/C22H33N3O/c1-23-21(25-15-22(10-5-11-22)12-13-26-2)24-14-19-18-9-8-16-6-3-4-7-17(16)20(18)19/h3-4,6-7,18-20H,5,8-15H2,1-2H3,(H2,23,24,25). The van der Waals surface area contributed by atoms with Crippen LogP contribution < -0.4 is 10.6 Å². The van der Waals surface area contributed by atoms with E-state index in [1.54, 1.807) is 18.2 Å². The van der Waals surface area contributed by atoms with E-state index in [2.05, 4.69) is 39.9 Å². The maximum atomic E-state index is 5.30. The van der Waals surface area contributed by atoms with Gasteiger partial charge in [0.25, 0.3) is 0 Å². The minimum atomic E-state index is 0.417. The fraction of sp³-hybridized carbons (Fsp3) is 0.682. The monoisotopic (exact) mass is 355 g/mol. The molecule has 3 aliphatic rings. The van der Waals surface area contributed by atoms with Gasteiger partial charge in [0.2, 0.25) is 0 Å². The summed E-state index contributed by atoms with van der Waals surface area (Å²) in [5.41, 5.74) is 3.59. The van der Waals surface area contributed by atoms with Crippen molar-refractivity contribution in [3.8, 4) is 0 Å². The Labute approximate surface area is 157 Å². The maximum Gasteiger partial charge on any atom is 0.191 e. The summed E-state index contributed by atoms with van der Waals surface area (Å²) in [6.45, 7) is 2.91. The molecule has 3 aliphatic carbocycles. The van der Waals surface area contributed by atoms with Crippen LogP contribution in [0.2, 0.25) is 0 Å². The molecule has 3 unspecified atom stereocenters. The van der Waals surface area contributed by atoms with Gasteiger partial charge in [-0.3, -0.25) is 4.99 Å². The largest absolute Gasteiger partial charge is 0.385 e. The average molecular weight is 356 g/mol. The first kappa shape index (κ1) is 17.8. The van der Waals surface area contributed by atoms with Crippen LogP contribution in [-0.2, 0) is 11.2 Å². The fourth-order valence-electron chi connectivity index (χ4n) is 5.20. The first-order valence-electron chi connectivity index (χ1n) is 10.3. The molecule has 1 aromatic carbocycles. The van der Waals surface area contributed by atoms with E-state index < -0.39 is 0 Å². The lowest BCUT2D eigenvalue weighted by molar-refractivity contribution is 0.0732. The fourth-order valence-corrected chi connectivity index (χ4v) is 5.20. The summed E-state index contributed by atoms with van der Waals surface area (Å²) in [7, 11) is 3.68. The summed E-state index contributed by atoms with van der Waals surface area (Å²) in [6, 6.07) is 9.03. The van der Waals surface area contributed by atoms with E-state index in [9.17, 15) is 0 Å². The van der Waals surface area contributed by atoms with Crippen molar-refractivity contribution in [1.29, 1.82) is 0 Å². The summed E-state index contributed by atoms with van der Waals surface area (Å²) in [5, 5.41) is 7.19. The lowest BCUT2D eigenvalue weighted by Gasteiger charge is -2.42.